The summed E-state index contributed by atoms with van der Waals surface area (Å²) >= 11 is 0. The van der Waals surface area contributed by atoms with Gasteiger partial charge in [0.15, 0.2) is 0 Å². The number of benzene rings is 1. The molecule has 0 spiro atoms. The van der Waals surface area contributed by atoms with Crippen LogP contribution in [-0.4, -0.2) is 58.1 Å². The average molecular weight is 371 g/mol. The number of hydrogen-bond acceptors (Lipinski definition) is 4. The van der Waals surface area contributed by atoms with E-state index in [9.17, 15) is 19.2 Å². The van der Waals surface area contributed by atoms with E-state index in [1.54, 1.807) is 36.2 Å². The van der Waals surface area contributed by atoms with Crippen molar-refractivity contribution < 1.29 is 19.2 Å². The van der Waals surface area contributed by atoms with Crippen LogP contribution in [0.15, 0.2) is 30.3 Å². The van der Waals surface area contributed by atoms with Gasteiger partial charge in [-0.3, -0.25) is 19.3 Å². The molecule has 1 saturated heterocycles. The quantitative estimate of drug-likeness (QED) is 0.586. The molecule has 27 heavy (non-hydrogen) atoms. The van der Waals surface area contributed by atoms with E-state index in [-0.39, 0.29) is 18.5 Å². The zero-order valence-electron chi connectivity index (χ0n) is 15.8. The summed E-state index contributed by atoms with van der Waals surface area (Å²) < 4.78 is 0. The van der Waals surface area contributed by atoms with Crippen LogP contribution >= 0.6 is 0 Å². The molecule has 0 bridgehead atoms. The summed E-state index contributed by atoms with van der Waals surface area (Å²) in [6, 6.07) is 8.36. The molecule has 144 valence electrons. The lowest BCUT2D eigenvalue weighted by Crippen LogP contribution is -2.46. The van der Waals surface area contributed by atoms with Gasteiger partial charge in [0, 0.05) is 13.1 Å². The van der Waals surface area contributed by atoms with Gasteiger partial charge in [-0.2, -0.15) is 0 Å². The maximum Gasteiger partial charge on any atom is 0.335 e. The monoisotopic (exact) mass is 371 g/mol. The molecule has 0 aromatic heterocycles. The molecule has 2 fully saturated rings. The Morgan fingerprint density at radius 2 is 1.59 bits per heavy atom. The van der Waals surface area contributed by atoms with Crippen molar-refractivity contribution in [3.63, 3.8) is 0 Å². The van der Waals surface area contributed by atoms with Gasteiger partial charge in [-0.05, 0) is 37.2 Å². The highest BCUT2D eigenvalue weighted by atomic mass is 16.2. The largest absolute Gasteiger partial charge is 0.341 e. The van der Waals surface area contributed by atoms with Crippen LogP contribution in [0.25, 0.3) is 0 Å². The molecule has 7 nitrogen and oxygen atoms in total. The molecular weight excluding hydrogens is 346 g/mol. The first-order valence-electron chi connectivity index (χ1n) is 9.35. The molecule has 0 N–H and O–H groups in total. The number of carbonyl (C=O) groups excluding carboxylic acids is 4. The molecular formula is C20H25N3O4. The summed E-state index contributed by atoms with van der Waals surface area (Å²) in [5, 5.41) is 0. The molecule has 5 amide bonds. The summed E-state index contributed by atoms with van der Waals surface area (Å²) in [7, 11) is 1.71. The number of nitrogens with zero attached hydrogens (tertiary/aromatic N) is 3. The maximum atomic E-state index is 12.6. The summed E-state index contributed by atoms with van der Waals surface area (Å²) in [6.07, 6.45) is 3.97. The Balaban J connectivity index is 1.64. The Labute approximate surface area is 158 Å². The van der Waals surface area contributed by atoms with Crippen LogP contribution < -0.4 is 0 Å². The maximum absolute atomic E-state index is 12.6. The summed E-state index contributed by atoms with van der Waals surface area (Å²) in [5.74, 6) is -1.47. The lowest BCUT2D eigenvalue weighted by Gasteiger charge is -2.34. The van der Waals surface area contributed by atoms with E-state index < -0.39 is 24.4 Å². The van der Waals surface area contributed by atoms with Gasteiger partial charge in [0.1, 0.15) is 6.54 Å². The van der Waals surface area contributed by atoms with Gasteiger partial charge in [-0.25, -0.2) is 9.69 Å². The highest BCUT2D eigenvalue weighted by molar-refractivity contribution is 6.44. The molecule has 3 rings (SSSR count). The average Bonchev–Trinajstić information content (AvgIpc) is 2.87. The molecule has 1 aromatic carbocycles. The first kappa shape index (κ1) is 19.1. The third-order valence-corrected chi connectivity index (χ3v) is 5.54. The number of likely N-dealkylation sites (N-methyl/N-ethyl adjacent to an activating group) is 1. The van der Waals surface area contributed by atoms with Gasteiger partial charge in [-0.15, -0.1) is 0 Å². The summed E-state index contributed by atoms with van der Waals surface area (Å²) in [6.45, 7) is 1.83. The number of imide groups is 2. The van der Waals surface area contributed by atoms with Gasteiger partial charge < -0.3 is 4.90 Å². The number of amides is 5. The van der Waals surface area contributed by atoms with E-state index in [1.807, 2.05) is 6.07 Å². The first-order chi connectivity index (χ1) is 12.9. The third kappa shape index (κ3) is 4.02. The Hall–Kier alpha value is -2.70. The van der Waals surface area contributed by atoms with Crippen molar-refractivity contribution in [2.75, 3.05) is 13.6 Å². The molecule has 1 aliphatic carbocycles. The highest BCUT2D eigenvalue weighted by Crippen LogP contribution is 2.26. The van der Waals surface area contributed by atoms with Gasteiger partial charge in [-0.1, -0.05) is 37.3 Å². The normalized spacial score (nSPS) is 23.1. The lowest BCUT2D eigenvalue weighted by molar-refractivity contribution is -0.145. The van der Waals surface area contributed by atoms with Crippen LogP contribution in [0.3, 0.4) is 0 Å². The third-order valence-electron chi connectivity index (χ3n) is 5.54. The predicted octanol–water partition coefficient (Wildman–Crippen LogP) is 2.01. The minimum atomic E-state index is -0.935. The van der Waals surface area contributed by atoms with E-state index in [0.29, 0.717) is 5.92 Å². The Kier molecular flexibility index (Phi) is 5.58. The molecule has 1 aliphatic heterocycles. The predicted molar refractivity (Wildman–Crippen MR) is 98.3 cm³/mol. The van der Waals surface area contributed by atoms with Crippen LogP contribution in [0.2, 0.25) is 0 Å². The molecule has 1 aromatic rings. The Morgan fingerprint density at radius 1 is 1.00 bits per heavy atom. The second kappa shape index (κ2) is 7.90. The number of rotatable bonds is 5. The van der Waals surface area contributed by atoms with Crippen molar-refractivity contribution in [3.8, 4) is 0 Å². The van der Waals surface area contributed by atoms with E-state index in [1.165, 1.54) is 0 Å². The molecule has 2 aliphatic rings. The van der Waals surface area contributed by atoms with Crippen molar-refractivity contribution >= 4 is 23.8 Å². The van der Waals surface area contributed by atoms with Crippen LogP contribution in [-0.2, 0) is 20.9 Å². The van der Waals surface area contributed by atoms with Gasteiger partial charge >= 0.3 is 17.8 Å². The zero-order valence-corrected chi connectivity index (χ0v) is 15.8. The van der Waals surface area contributed by atoms with E-state index in [4.69, 9.17) is 0 Å². The molecule has 0 radical (unpaired) electrons. The molecule has 1 heterocycles. The SMILES string of the molecule is CC1CCC(N(C)C(=O)CN2C(=O)C(=O)N(Cc3ccccc3)C2=O)CC1. The topological polar surface area (TPSA) is 78.0 Å². The van der Waals surface area contributed by atoms with Crippen LogP contribution in [0.1, 0.15) is 38.2 Å². The lowest BCUT2D eigenvalue weighted by atomic mass is 9.87. The van der Waals surface area contributed by atoms with Gasteiger partial charge in [0.2, 0.25) is 5.91 Å². The molecule has 0 unspecified atom stereocenters. The van der Waals surface area contributed by atoms with E-state index in [0.717, 1.165) is 41.0 Å². The van der Waals surface area contributed by atoms with Crippen molar-refractivity contribution in [2.24, 2.45) is 5.92 Å². The fourth-order valence-electron chi connectivity index (χ4n) is 3.68. The Bertz CT molecular complexity index is 741. The smallest absolute Gasteiger partial charge is 0.335 e. The standard InChI is InChI=1S/C20H25N3O4/c1-14-8-10-16(11-9-14)21(2)17(24)13-23-19(26)18(25)22(20(23)27)12-15-6-4-3-5-7-15/h3-7,14,16H,8-13H2,1-2H3. The molecule has 1 saturated carbocycles. The summed E-state index contributed by atoms with van der Waals surface area (Å²) in [5.41, 5.74) is 0.744. The highest BCUT2D eigenvalue weighted by Gasteiger charge is 2.45. The van der Waals surface area contributed by atoms with Gasteiger partial charge in [0.05, 0.1) is 6.54 Å². The van der Waals surface area contributed by atoms with Crippen LogP contribution in [0.5, 0.6) is 0 Å². The van der Waals surface area contributed by atoms with Crippen LogP contribution in [0, 0.1) is 5.92 Å². The zero-order chi connectivity index (χ0) is 19.6. The fourth-order valence-corrected chi connectivity index (χ4v) is 3.68. The minimum absolute atomic E-state index is 0.0191. The summed E-state index contributed by atoms with van der Waals surface area (Å²) in [4.78, 5) is 52.9. The van der Waals surface area contributed by atoms with Crippen molar-refractivity contribution in [3.05, 3.63) is 35.9 Å². The van der Waals surface area contributed by atoms with Crippen LogP contribution in [0.4, 0.5) is 4.79 Å². The number of carbonyl (C=O) groups is 4. The van der Waals surface area contributed by atoms with E-state index >= 15 is 0 Å². The number of urea groups is 1. The van der Waals surface area contributed by atoms with Crippen molar-refractivity contribution in [1.29, 1.82) is 0 Å². The molecule has 0 atom stereocenters. The minimum Gasteiger partial charge on any atom is -0.341 e. The number of hydrogen-bond donors (Lipinski definition) is 0. The Morgan fingerprint density at radius 3 is 2.22 bits per heavy atom. The second-order valence-corrected chi connectivity index (χ2v) is 7.47. The second-order valence-electron chi connectivity index (χ2n) is 7.47. The first-order valence-corrected chi connectivity index (χ1v) is 9.35. The van der Waals surface area contributed by atoms with Crippen molar-refractivity contribution in [1.82, 2.24) is 14.7 Å². The van der Waals surface area contributed by atoms with E-state index in [2.05, 4.69) is 6.92 Å². The van der Waals surface area contributed by atoms with Gasteiger partial charge in [0.25, 0.3) is 0 Å². The molecule has 7 heteroatoms. The fraction of sp³-hybridized carbons (Fsp3) is 0.500. The van der Waals surface area contributed by atoms with Crippen molar-refractivity contribution in [2.45, 2.75) is 45.2 Å².